The van der Waals surface area contributed by atoms with Crippen molar-refractivity contribution in [2.45, 2.75) is 0 Å². The molecule has 0 radical (unpaired) electrons. The maximum atomic E-state index is 5.88. The molecule has 0 unspecified atom stereocenters. The van der Waals surface area contributed by atoms with E-state index in [9.17, 15) is 0 Å². The number of tetrazole rings is 1. The smallest absolute Gasteiger partial charge is 0.215 e. The van der Waals surface area contributed by atoms with Crippen molar-refractivity contribution in [3.05, 3.63) is 42.5 Å². The zero-order valence-electron chi connectivity index (χ0n) is 10.8. The quantitative estimate of drug-likeness (QED) is 0.770. The van der Waals surface area contributed by atoms with Crippen molar-refractivity contribution in [1.29, 1.82) is 0 Å². The van der Waals surface area contributed by atoms with Crippen LogP contribution in [0.5, 0.6) is 5.88 Å². The molecule has 3 rings (SSSR count). The summed E-state index contributed by atoms with van der Waals surface area (Å²) >= 11 is 0. The number of nitrogen functional groups attached to an aromatic ring is 1. The molecule has 3 aromatic rings. The highest BCUT2D eigenvalue weighted by Crippen LogP contribution is 2.19. The number of hydrogen-bond donors (Lipinski definition) is 1. The molecule has 0 atom stereocenters. The van der Waals surface area contributed by atoms with Gasteiger partial charge in [-0.2, -0.15) is 4.98 Å². The fourth-order valence-corrected chi connectivity index (χ4v) is 1.72. The van der Waals surface area contributed by atoms with Gasteiger partial charge in [-0.05, 0) is 11.3 Å². The van der Waals surface area contributed by atoms with Crippen LogP contribution in [-0.4, -0.2) is 32.3 Å². The Bertz CT molecular complexity index is 725. The second-order valence-corrected chi connectivity index (χ2v) is 4.03. The van der Waals surface area contributed by atoms with E-state index in [4.69, 9.17) is 10.5 Å². The highest BCUT2D eigenvalue weighted by Gasteiger charge is 2.11. The molecule has 0 bridgehead atoms. The highest BCUT2D eigenvalue weighted by atomic mass is 16.5. The summed E-state index contributed by atoms with van der Waals surface area (Å²) in [5.74, 6) is 1.33. The molecule has 0 amide bonds. The maximum Gasteiger partial charge on any atom is 0.215 e. The highest BCUT2D eigenvalue weighted by molar-refractivity contribution is 5.56. The molecule has 0 fully saturated rings. The lowest BCUT2D eigenvalue weighted by molar-refractivity contribution is 0.396. The van der Waals surface area contributed by atoms with Gasteiger partial charge in [-0.1, -0.05) is 30.3 Å². The van der Waals surface area contributed by atoms with Crippen LogP contribution in [0.15, 0.2) is 42.5 Å². The van der Waals surface area contributed by atoms with Crippen LogP contribution in [0.1, 0.15) is 0 Å². The van der Waals surface area contributed by atoms with Crippen LogP contribution in [0.2, 0.25) is 0 Å². The number of hydrogen-bond acceptors (Lipinski definition) is 6. The second-order valence-electron chi connectivity index (χ2n) is 4.03. The van der Waals surface area contributed by atoms with Crippen molar-refractivity contribution in [3.8, 4) is 23.1 Å². The van der Waals surface area contributed by atoms with E-state index >= 15 is 0 Å². The minimum absolute atomic E-state index is 0.388. The summed E-state index contributed by atoms with van der Waals surface area (Å²) in [6.07, 6.45) is 0. The summed E-state index contributed by atoms with van der Waals surface area (Å²) in [7, 11) is 1.53. The SMILES string of the molecule is COc1ccc(N)c(-n2nnc(-c3ccccc3)n2)n1. The van der Waals surface area contributed by atoms with Crippen molar-refractivity contribution in [3.63, 3.8) is 0 Å². The Hall–Kier alpha value is -2.96. The van der Waals surface area contributed by atoms with Crippen LogP contribution < -0.4 is 10.5 Å². The van der Waals surface area contributed by atoms with Crippen LogP contribution in [0.4, 0.5) is 5.69 Å². The first-order valence-electron chi connectivity index (χ1n) is 5.94. The van der Waals surface area contributed by atoms with Crippen molar-refractivity contribution >= 4 is 5.69 Å². The zero-order chi connectivity index (χ0) is 13.9. The predicted octanol–water partition coefficient (Wildman–Crippen LogP) is 1.32. The summed E-state index contributed by atoms with van der Waals surface area (Å²) in [6, 6.07) is 12.9. The molecule has 2 aromatic heterocycles. The Morgan fingerprint density at radius 2 is 1.90 bits per heavy atom. The lowest BCUT2D eigenvalue weighted by Gasteiger charge is -2.04. The Labute approximate surface area is 115 Å². The average molecular weight is 268 g/mol. The lowest BCUT2D eigenvalue weighted by Crippen LogP contribution is -2.07. The monoisotopic (exact) mass is 268 g/mol. The largest absolute Gasteiger partial charge is 0.481 e. The molecule has 0 saturated heterocycles. The van der Waals surface area contributed by atoms with Gasteiger partial charge in [0.2, 0.25) is 17.5 Å². The first kappa shape index (κ1) is 12.1. The van der Waals surface area contributed by atoms with Crippen LogP contribution >= 0.6 is 0 Å². The topological polar surface area (TPSA) is 91.7 Å². The van der Waals surface area contributed by atoms with E-state index in [-0.39, 0.29) is 0 Å². The minimum atomic E-state index is 0.388. The molecular weight excluding hydrogens is 256 g/mol. The van der Waals surface area contributed by atoms with Crippen LogP contribution in [0.3, 0.4) is 0 Å². The van der Waals surface area contributed by atoms with Crippen LogP contribution in [-0.2, 0) is 0 Å². The molecule has 0 aliphatic rings. The normalized spacial score (nSPS) is 10.4. The molecule has 0 aliphatic carbocycles. The fourth-order valence-electron chi connectivity index (χ4n) is 1.72. The van der Waals surface area contributed by atoms with E-state index in [2.05, 4.69) is 20.4 Å². The van der Waals surface area contributed by atoms with Gasteiger partial charge in [0.05, 0.1) is 12.8 Å². The Morgan fingerprint density at radius 1 is 1.10 bits per heavy atom. The third kappa shape index (κ3) is 2.16. The van der Waals surface area contributed by atoms with Crippen molar-refractivity contribution < 1.29 is 4.74 Å². The van der Waals surface area contributed by atoms with E-state index < -0.39 is 0 Å². The Kier molecular flexibility index (Phi) is 3.00. The number of pyridine rings is 1. The Balaban J connectivity index is 2.02. The van der Waals surface area contributed by atoms with Gasteiger partial charge in [-0.15, -0.1) is 15.0 Å². The molecule has 1 aromatic carbocycles. The zero-order valence-corrected chi connectivity index (χ0v) is 10.8. The molecule has 2 N–H and O–H groups in total. The molecule has 0 saturated carbocycles. The van der Waals surface area contributed by atoms with Gasteiger partial charge >= 0.3 is 0 Å². The standard InChI is InChI=1S/C13H12N6O/c1-20-11-8-7-10(14)13(15-11)19-17-12(16-18-19)9-5-3-2-4-6-9/h2-8H,14H2,1H3. The minimum Gasteiger partial charge on any atom is -0.481 e. The van der Waals surface area contributed by atoms with Crippen molar-refractivity contribution in [1.82, 2.24) is 25.2 Å². The van der Waals surface area contributed by atoms with Crippen molar-refractivity contribution in [2.75, 3.05) is 12.8 Å². The molecule has 0 aliphatic heterocycles. The van der Waals surface area contributed by atoms with Gasteiger partial charge in [-0.3, -0.25) is 0 Å². The van der Waals surface area contributed by atoms with Crippen LogP contribution in [0.25, 0.3) is 17.2 Å². The van der Waals surface area contributed by atoms with E-state index in [1.165, 1.54) is 11.9 Å². The molecule has 7 nitrogen and oxygen atoms in total. The summed E-state index contributed by atoms with van der Waals surface area (Å²) in [4.78, 5) is 5.51. The number of benzene rings is 1. The Morgan fingerprint density at radius 3 is 2.65 bits per heavy atom. The van der Waals surface area contributed by atoms with E-state index in [0.717, 1.165) is 5.56 Å². The number of nitrogens with zero attached hydrogens (tertiary/aromatic N) is 5. The van der Waals surface area contributed by atoms with Gasteiger partial charge < -0.3 is 10.5 Å². The van der Waals surface area contributed by atoms with Gasteiger partial charge in [0, 0.05) is 11.6 Å². The molecule has 20 heavy (non-hydrogen) atoms. The number of rotatable bonds is 3. The predicted molar refractivity (Wildman–Crippen MR) is 73.3 cm³/mol. The third-order valence-electron chi connectivity index (χ3n) is 2.72. The third-order valence-corrected chi connectivity index (χ3v) is 2.72. The van der Waals surface area contributed by atoms with E-state index in [0.29, 0.717) is 23.2 Å². The number of methoxy groups -OCH3 is 1. The van der Waals surface area contributed by atoms with Gasteiger partial charge in [-0.25, -0.2) is 0 Å². The van der Waals surface area contributed by atoms with Crippen molar-refractivity contribution in [2.24, 2.45) is 0 Å². The molecule has 0 spiro atoms. The van der Waals surface area contributed by atoms with E-state index in [1.54, 1.807) is 12.1 Å². The molecule has 2 heterocycles. The molecule has 100 valence electrons. The fraction of sp³-hybridized carbons (Fsp3) is 0.0769. The van der Waals surface area contributed by atoms with Crippen LogP contribution in [0, 0.1) is 0 Å². The second kappa shape index (κ2) is 4.96. The molecule has 7 heteroatoms. The van der Waals surface area contributed by atoms with Gasteiger partial charge in [0.1, 0.15) is 0 Å². The van der Waals surface area contributed by atoms with E-state index in [1.807, 2.05) is 30.3 Å². The first-order valence-corrected chi connectivity index (χ1v) is 5.94. The van der Waals surface area contributed by atoms with Gasteiger partial charge in [0.15, 0.2) is 0 Å². The lowest BCUT2D eigenvalue weighted by atomic mass is 10.2. The maximum absolute atomic E-state index is 5.88. The summed E-state index contributed by atoms with van der Waals surface area (Å²) in [6.45, 7) is 0. The number of anilines is 1. The number of aromatic nitrogens is 5. The summed E-state index contributed by atoms with van der Waals surface area (Å²) < 4.78 is 5.07. The summed E-state index contributed by atoms with van der Waals surface area (Å²) in [5, 5.41) is 12.3. The molecular formula is C13H12N6O. The first-order chi connectivity index (χ1) is 9.78. The summed E-state index contributed by atoms with van der Waals surface area (Å²) in [5.41, 5.74) is 7.20. The number of nitrogens with two attached hydrogens (primary N) is 1. The average Bonchev–Trinajstić information content (AvgIpc) is 2.98. The van der Waals surface area contributed by atoms with Gasteiger partial charge in [0.25, 0.3) is 0 Å². The number of ether oxygens (including phenoxy) is 1.